The summed E-state index contributed by atoms with van der Waals surface area (Å²) in [6.45, 7) is 7.82. The van der Waals surface area contributed by atoms with Crippen LogP contribution in [0.1, 0.15) is 43.6 Å². The Kier molecular flexibility index (Phi) is 6.51. The SMILES string of the molecule is CC(C)Oc1ccc(/C=N\NC(=O)c2ccncc2)c(OC(C)C)c1. The van der Waals surface area contributed by atoms with Crippen molar-refractivity contribution in [1.82, 2.24) is 10.4 Å². The molecule has 1 aromatic heterocycles. The number of hydrogen-bond donors (Lipinski definition) is 1. The number of carbonyl (C=O) groups excluding carboxylic acids is 1. The minimum atomic E-state index is -0.301. The van der Waals surface area contributed by atoms with Crippen molar-refractivity contribution < 1.29 is 14.3 Å². The molecule has 0 spiro atoms. The normalized spacial score (nSPS) is 11.1. The standard InChI is InChI=1S/C19H23N3O3/c1-13(2)24-17-6-5-16(18(11-17)25-14(3)4)12-21-22-19(23)15-7-9-20-10-8-15/h5-14H,1-4H3,(H,22,23)/b21-12-. The largest absolute Gasteiger partial charge is 0.491 e. The zero-order valence-electron chi connectivity index (χ0n) is 14.9. The van der Waals surface area contributed by atoms with Gasteiger partial charge in [0.05, 0.1) is 18.4 Å². The van der Waals surface area contributed by atoms with Gasteiger partial charge in [-0.3, -0.25) is 9.78 Å². The van der Waals surface area contributed by atoms with Gasteiger partial charge in [0.15, 0.2) is 0 Å². The lowest BCUT2D eigenvalue weighted by molar-refractivity contribution is 0.0955. The molecule has 0 bridgehead atoms. The molecular weight excluding hydrogens is 318 g/mol. The third-order valence-electron chi connectivity index (χ3n) is 3.03. The van der Waals surface area contributed by atoms with E-state index in [1.54, 1.807) is 30.7 Å². The van der Waals surface area contributed by atoms with E-state index in [1.807, 2.05) is 45.9 Å². The Bertz CT molecular complexity index is 728. The van der Waals surface area contributed by atoms with E-state index in [1.165, 1.54) is 0 Å². The number of aromatic nitrogens is 1. The average molecular weight is 341 g/mol. The zero-order valence-corrected chi connectivity index (χ0v) is 14.9. The average Bonchev–Trinajstić information content (AvgIpc) is 2.56. The summed E-state index contributed by atoms with van der Waals surface area (Å²) in [5.41, 5.74) is 3.73. The number of benzene rings is 1. The first-order chi connectivity index (χ1) is 12.0. The van der Waals surface area contributed by atoms with Gasteiger partial charge in [0.2, 0.25) is 0 Å². The van der Waals surface area contributed by atoms with Gasteiger partial charge in [-0.25, -0.2) is 5.43 Å². The number of amides is 1. The first-order valence-corrected chi connectivity index (χ1v) is 8.16. The number of nitrogens with zero attached hydrogens (tertiary/aromatic N) is 2. The highest BCUT2D eigenvalue weighted by Gasteiger charge is 2.08. The van der Waals surface area contributed by atoms with E-state index >= 15 is 0 Å². The molecule has 6 heteroatoms. The van der Waals surface area contributed by atoms with E-state index in [0.29, 0.717) is 11.3 Å². The van der Waals surface area contributed by atoms with Crippen molar-refractivity contribution in [2.75, 3.05) is 0 Å². The Balaban J connectivity index is 2.12. The molecule has 2 aromatic rings. The maximum atomic E-state index is 12.0. The third-order valence-corrected chi connectivity index (χ3v) is 3.03. The molecule has 132 valence electrons. The van der Waals surface area contributed by atoms with Gasteiger partial charge in [0, 0.05) is 29.6 Å². The van der Waals surface area contributed by atoms with E-state index in [9.17, 15) is 4.79 Å². The summed E-state index contributed by atoms with van der Waals surface area (Å²) in [4.78, 5) is 15.8. The number of nitrogens with one attached hydrogen (secondary N) is 1. The number of ether oxygens (including phenoxy) is 2. The van der Waals surface area contributed by atoms with Crippen LogP contribution in [0.25, 0.3) is 0 Å². The number of hydrogen-bond acceptors (Lipinski definition) is 5. The molecule has 0 aliphatic carbocycles. The second-order valence-corrected chi connectivity index (χ2v) is 5.97. The quantitative estimate of drug-likeness (QED) is 0.619. The van der Waals surface area contributed by atoms with Crippen LogP contribution in [0, 0.1) is 0 Å². The molecule has 0 radical (unpaired) electrons. The molecule has 25 heavy (non-hydrogen) atoms. The van der Waals surface area contributed by atoms with Crippen LogP contribution < -0.4 is 14.9 Å². The van der Waals surface area contributed by atoms with Crippen LogP contribution in [-0.4, -0.2) is 29.3 Å². The molecule has 1 amide bonds. The summed E-state index contributed by atoms with van der Waals surface area (Å²) < 4.78 is 11.5. The number of hydrazone groups is 1. The summed E-state index contributed by atoms with van der Waals surface area (Å²) in [5.74, 6) is 1.07. The van der Waals surface area contributed by atoms with E-state index in [0.717, 1.165) is 11.3 Å². The Labute approximate surface area is 147 Å². The smallest absolute Gasteiger partial charge is 0.271 e. The van der Waals surface area contributed by atoms with Gasteiger partial charge in [0.25, 0.3) is 5.91 Å². The maximum Gasteiger partial charge on any atom is 0.271 e. The summed E-state index contributed by atoms with van der Waals surface area (Å²) in [7, 11) is 0. The van der Waals surface area contributed by atoms with Gasteiger partial charge in [-0.05, 0) is 52.0 Å². The van der Waals surface area contributed by atoms with Crippen molar-refractivity contribution in [3.05, 3.63) is 53.9 Å². The molecule has 0 saturated carbocycles. The molecule has 0 aliphatic rings. The molecule has 0 fully saturated rings. The topological polar surface area (TPSA) is 72.8 Å². The van der Waals surface area contributed by atoms with Crippen molar-refractivity contribution >= 4 is 12.1 Å². The monoisotopic (exact) mass is 341 g/mol. The lowest BCUT2D eigenvalue weighted by Crippen LogP contribution is -2.17. The zero-order chi connectivity index (χ0) is 18.2. The highest BCUT2D eigenvalue weighted by molar-refractivity contribution is 5.95. The Morgan fingerprint density at radius 1 is 1.08 bits per heavy atom. The second-order valence-electron chi connectivity index (χ2n) is 5.97. The lowest BCUT2D eigenvalue weighted by atomic mass is 10.2. The van der Waals surface area contributed by atoms with Crippen LogP contribution in [0.5, 0.6) is 11.5 Å². The fourth-order valence-corrected chi connectivity index (χ4v) is 2.05. The number of pyridine rings is 1. The lowest BCUT2D eigenvalue weighted by Gasteiger charge is -2.15. The van der Waals surface area contributed by atoms with Crippen molar-refractivity contribution in [3.8, 4) is 11.5 Å². The second kappa shape index (κ2) is 8.82. The molecule has 0 saturated heterocycles. The molecule has 0 unspecified atom stereocenters. The van der Waals surface area contributed by atoms with E-state index in [4.69, 9.17) is 9.47 Å². The molecule has 1 N–H and O–H groups in total. The van der Waals surface area contributed by atoms with Gasteiger partial charge in [-0.1, -0.05) is 0 Å². The number of carbonyl (C=O) groups is 1. The van der Waals surface area contributed by atoms with Gasteiger partial charge >= 0.3 is 0 Å². The van der Waals surface area contributed by atoms with Gasteiger partial charge in [-0.2, -0.15) is 5.10 Å². The Morgan fingerprint density at radius 3 is 2.40 bits per heavy atom. The van der Waals surface area contributed by atoms with Crippen LogP contribution in [0.15, 0.2) is 47.8 Å². The van der Waals surface area contributed by atoms with Crippen LogP contribution in [0.3, 0.4) is 0 Å². The fraction of sp³-hybridized carbons (Fsp3) is 0.316. The van der Waals surface area contributed by atoms with Crippen molar-refractivity contribution in [2.45, 2.75) is 39.9 Å². The molecule has 0 aliphatic heterocycles. The molecule has 0 atom stereocenters. The van der Waals surface area contributed by atoms with Crippen LogP contribution in [0.4, 0.5) is 0 Å². The minimum absolute atomic E-state index is 0.00728. The highest BCUT2D eigenvalue weighted by Crippen LogP contribution is 2.25. The molecule has 6 nitrogen and oxygen atoms in total. The van der Waals surface area contributed by atoms with Crippen LogP contribution in [0.2, 0.25) is 0 Å². The fourth-order valence-electron chi connectivity index (χ4n) is 2.05. The van der Waals surface area contributed by atoms with E-state index in [2.05, 4.69) is 15.5 Å². The first-order valence-electron chi connectivity index (χ1n) is 8.16. The Hall–Kier alpha value is -2.89. The summed E-state index contributed by atoms with van der Waals surface area (Å²) >= 11 is 0. The molecular formula is C19H23N3O3. The first kappa shape index (κ1) is 18.4. The number of rotatable bonds is 7. The van der Waals surface area contributed by atoms with Gasteiger partial charge in [0.1, 0.15) is 11.5 Å². The van der Waals surface area contributed by atoms with Crippen LogP contribution in [-0.2, 0) is 0 Å². The minimum Gasteiger partial charge on any atom is -0.491 e. The predicted octanol–water partition coefficient (Wildman–Crippen LogP) is 3.42. The van der Waals surface area contributed by atoms with Crippen molar-refractivity contribution in [3.63, 3.8) is 0 Å². The van der Waals surface area contributed by atoms with Gasteiger partial charge in [-0.15, -0.1) is 0 Å². The van der Waals surface area contributed by atoms with Gasteiger partial charge < -0.3 is 9.47 Å². The maximum absolute atomic E-state index is 12.0. The molecule has 1 heterocycles. The van der Waals surface area contributed by atoms with Crippen molar-refractivity contribution in [2.24, 2.45) is 5.10 Å². The predicted molar refractivity (Wildman–Crippen MR) is 97.3 cm³/mol. The summed E-state index contributed by atoms with van der Waals surface area (Å²) in [6, 6.07) is 8.76. The third kappa shape index (κ3) is 5.91. The Morgan fingerprint density at radius 2 is 1.76 bits per heavy atom. The van der Waals surface area contributed by atoms with Crippen molar-refractivity contribution in [1.29, 1.82) is 0 Å². The van der Waals surface area contributed by atoms with E-state index in [-0.39, 0.29) is 18.1 Å². The molecule has 1 aromatic carbocycles. The summed E-state index contributed by atoms with van der Waals surface area (Å²) in [5, 5.41) is 4.01. The molecule has 2 rings (SSSR count). The van der Waals surface area contributed by atoms with E-state index < -0.39 is 0 Å². The summed E-state index contributed by atoms with van der Waals surface area (Å²) in [6.07, 6.45) is 4.75. The van der Waals surface area contributed by atoms with Crippen LogP contribution >= 0.6 is 0 Å². The highest BCUT2D eigenvalue weighted by atomic mass is 16.5.